The second-order valence-corrected chi connectivity index (χ2v) is 6.00. The van der Waals surface area contributed by atoms with Crippen molar-refractivity contribution in [1.29, 1.82) is 0 Å². The summed E-state index contributed by atoms with van der Waals surface area (Å²) in [4.78, 5) is 0. The standard InChI is InChI=1S/C15H13BrCl2FN/c1-2-20-15(9-3-6-13(17)14(18)7-9)11-5-4-10(19)8-12(11)16/h3-8,15,20H,2H2,1H3. The van der Waals surface area contributed by atoms with Gasteiger partial charge in [-0.3, -0.25) is 0 Å². The van der Waals surface area contributed by atoms with E-state index in [1.165, 1.54) is 12.1 Å². The predicted molar refractivity (Wildman–Crippen MR) is 86.1 cm³/mol. The summed E-state index contributed by atoms with van der Waals surface area (Å²) in [6.07, 6.45) is 0. The van der Waals surface area contributed by atoms with Gasteiger partial charge in [-0.05, 0) is 41.9 Å². The molecule has 0 radical (unpaired) electrons. The van der Waals surface area contributed by atoms with E-state index in [9.17, 15) is 4.39 Å². The number of halogens is 4. The number of benzene rings is 2. The van der Waals surface area contributed by atoms with Crippen LogP contribution < -0.4 is 5.32 Å². The molecular weight excluding hydrogens is 364 g/mol. The highest BCUT2D eigenvalue weighted by Gasteiger charge is 2.17. The molecule has 0 aliphatic rings. The van der Waals surface area contributed by atoms with Crippen molar-refractivity contribution in [2.24, 2.45) is 0 Å². The van der Waals surface area contributed by atoms with Crippen molar-refractivity contribution in [3.63, 3.8) is 0 Å². The molecule has 2 rings (SSSR count). The molecule has 106 valence electrons. The highest BCUT2D eigenvalue weighted by atomic mass is 79.9. The Hall–Kier alpha value is -0.610. The van der Waals surface area contributed by atoms with Crippen molar-refractivity contribution in [2.75, 3.05) is 6.54 Å². The van der Waals surface area contributed by atoms with E-state index in [2.05, 4.69) is 21.2 Å². The Kier molecular flexibility index (Phi) is 5.44. The first kappa shape index (κ1) is 15.8. The number of rotatable bonds is 4. The normalized spacial score (nSPS) is 12.4. The molecule has 0 saturated heterocycles. The van der Waals surface area contributed by atoms with Gasteiger partial charge in [0.25, 0.3) is 0 Å². The van der Waals surface area contributed by atoms with Gasteiger partial charge in [-0.25, -0.2) is 4.39 Å². The van der Waals surface area contributed by atoms with Gasteiger partial charge in [0.1, 0.15) is 5.82 Å². The second kappa shape index (κ2) is 6.90. The van der Waals surface area contributed by atoms with Crippen LogP contribution in [0.4, 0.5) is 4.39 Å². The van der Waals surface area contributed by atoms with Crippen LogP contribution in [0.15, 0.2) is 40.9 Å². The Morgan fingerprint density at radius 3 is 2.50 bits per heavy atom. The van der Waals surface area contributed by atoms with Gasteiger partial charge in [0, 0.05) is 4.47 Å². The molecule has 1 atom stereocenters. The molecule has 2 aromatic rings. The lowest BCUT2D eigenvalue weighted by atomic mass is 9.98. The predicted octanol–water partition coefficient (Wildman–Crippen LogP) is 5.59. The molecular formula is C15H13BrCl2FN. The number of nitrogens with one attached hydrogen (secondary N) is 1. The Bertz CT molecular complexity index is 619. The first-order valence-corrected chi connectivity index (χ1v) is 7.71. The van der Waals surface area contributed by atoms with Crippen LogP contribution in [0, 0.1) is 5.82 Å². The van der Waals surface area contributed by atoms with E-state index in [0.717, 1.165) is 22.1 Å². The molecule has 5 heteroatoms. The van der Waals surface area contributed by atoms with Gasteiger partial charge in [-0.2, -0.15) is 0 Å². The summed E-state index contributed by atoms with van der Waals surface area (Å²) in [5, 5.41) is 4.39. The Balaban J connectivity index is 2.47. The van der Waals surface area contributed by atoms with Crippen molar-refractivity contribution in [1.82, 2.24) is 5.32 Å². The lowest BCUT2D eigenvalue weighted by molar-refractivity contribution is 0.611. The molecule has 0 heterocycles. The monoisotopic (exact) mass is 375 g/mol. The fourth-order valence-electron chi connectivity index (χ4n) is 2.04. The summed E-state index contributed by atoms with van der Waals surface area (Å²) in [5.41, 5.74) is 1.93. The van der Waals surface area contributed by atoms with Crippen molar-refractivity contribution < 1.29 is 4.39 Å². The third-order valence-electron chi connectivity index (χ3n) is 2.96. The molecule has 1 N–H and O–H groups in total. The van der Waals surface area contributed by atoms with E-state index in [4.69, 9.17) is 23.2 Å². The first-order chi connectivity index (χ1) is 9.52. The maximum absolute atomic E-state index is 13.2. The Morgan fingerprint density at radius 2 is 1.90 bits per heavy atom. The molecule has 0 bridgehead atoms. The number of hydrogen-bond acceptors (Lipinski definition) is 1. The summed E-state index contributed by atoms with van der Waals surface area (Å²) in [6, 6.07) is 10.1. The van der Waals surface area contributed by atoms with E-state index >= 15 is 0 Å². The average molecular weight is 377 g/mol. The lowest BCUT2D eigenvalue weighted by Gasteiger charge is -2.21. The van der Waals surface area contributed by atoms with Crippen LogP contribution in [0.25, 0.3) is 0 Å². The molecule has 1 unspecified atom stereocenters. The van der Waals surface area contributed by atoms with Crippen LogP contribution in [-0.2, 0) is 0 Å². The zero-order chi connectivity index (χ0) is 14.7. The van der Waals surface area contributed by atoms with Gasteiger partial charge in [-0.1, -0.05) is 58.2 Å². The fraction of sp³-hybridized carbons (Fsp3) is 0.200. The maximum atomic E-state index is 13.2. The molecule has 0 spiro atoms. The molecule has 0 saturated carbocycles. The van der Waals surface area contributed by atoms with Crippen LogP contribution in [0.3, 0.4) is 0 Å². The van der Waals surface area contributed by atoms with Gasteiger partial charge >= 0.3 is 0 Å². The largest absolute Gasteiger partial charge is 0.306 e. The van der Waals surface area contributed by atoms with Gasteiger partial charge in [0.05, 0.1) is 16.1 Å². The minimum atomic E-state index is -0.273. The Morgan fingerprint density at radius 1 is 1.15 bits per heavy atom. The van der Waals surface area contributed by atoms with Gasteiger partial charge in [-0.15, -0.1) is 0 Å². The van der Waals surface area contributed by atoms with Crippen LogP contribution in [0.5, 0.6) is 0 Å². The molecule has 0 fully saturated rings. The minimum absolute atomic E-state index is 0.0789. The summed E-state index contributed by atoms with van der Waals surface area (Å²) in [6.45, 7) is 2.79. The van der Waals surface area contributed by atoms with E-state index in [1.807, 2.05) is 19.1 Å². The molecule has 1 nitrogen and oxygen atoms in total. The molecule has 0 aliphatic carbocycles. The molecule has 0 aromatic heterocycles. The topological polar surface area (TPSA) is 12.0 Å². The van der Waals surface area contributed by atoms with Crippen molar-refractivity contribution in [2.45, 2.75) is 13.0 Å². The summed E-state index contributed by atoms with van der Waals surface area (Å²) in [7, 11) is 0. The third-order valence-corrected chi connectivity index (χ3v) is 4.38. The van der Waals surface area contributed by atoms with Crippen LogP contribution in [0.1, 0.15) is 24.1 Å². The van der Waals surface area contributed by atoms with Crippen molar-refractivity contribution >= 4 is 39.1 Å². The van der Waals surface area contributed by atoms with Crippen LogP contribution in [0.2, 0.25) is 10.0 Å². The van der Waals surface area contributed by atoms with Crippen molar-refractivity contribution in [3.05, 3.63) is 67.9 Å². The van der Waals surface area contributed by atoms with E-state index in [0.29, 0.717) is 10.0 Å². The first-order valence-electron chi connectivity index (χ1n) is 6.16. The van der Waals surface area contributed by atoms with Crippen LogP contribution >= 0.6 is 39.1 Å². The number of hydrogen-bond donors (Lipinski definition) is 1. The highest BCUT2D eigenvalue weighted by Crippen LogP contribution is 2.32. The SMILES string of the molecule is CCNC(c1ccc(Cl)c(Cl)c1)c1ccc(F)cc1Br. The lowest BCUT2D eigenvalue weighted by Crippen LogP contribution is -2.22. The molecule has 0 aliphatic heterocycles. The van der Waals surface area contributed by atoms with E-state index in [1.54, 1.807) is 12.1 Å². The van der Waals surface area contributed by atoms with Gasteiger partial charge in [0.2, 0.25) is 0 Å². The van der Waals surface area contributed by atoms with E-state index < -0.39 is 0 Å². The zero-order valence-electron chi connectivity index (χ0n) is 10.8. The van der Waals surface area contributed by atoms with Gasteiger partial charge < -0.3 is 5.32 Å². The van der Waals surface area contributed by atoms with Crippen LogP contribution in [-0.4, -0.2) is 6.54 Å². The van der Waals surface area contributed by atoms with Crippen molar-refractivity contribution in [3.8, 4) is 0 Å². The molecule has 20 heavy (non-hydrogen) atoms. The summed E-state index contributed by atoms with van der Waals surface area (Å²) >= 11 is 15.4. The fourth-order valence-corrected chi connectivity index (χ4v) is 2.93. The molecule has 0 amide bonds. The maximum Gasteiger partial charge on any atom is 0.124 e. The van der Waals surface area contributed by atoms with E-state index in [-0.39, 0.29) is 11.9 Å². The smallest absolute Gasteiger partial charge is 0.124 e. The Labute approximate surface area is 136 Å². The minimum Gasteiger partial charge on any atom is -0.306 e. The zero-order valence-corrected chi connectivity index (χ0v) is 13.9. The second-order valence-electron chi connectivity index (χ2n) is 4.33. The highest BCUT2D eigenvalue weighted by molar-refractivity contribution is 9.10. The third kappa shape index (κ3) is 3.53. The summed E-state index contributed by atoms with van der Waals surface area (Å²) < 4.78 is 13.9. The quantitative estimate of drug-likeness (QED) is 0.732. The average Bonchev–Trinajstić information content (AvgIpc) is 2.40. The molecule has 2 aromatic carbocycles. The van der Waals surface area contributed by atoms with Gasteiger partial charge in [0.15, 0.2) is 0 Å². The summed E-state index contributed by atoms with van der Waals surface area (Å²) in [5.74, 6) is -0.273.